The first-order valence-corrected chi connectivity index (χ1v) is 9.78. The van der Waals surface area contributed by atoms with Crippen LogP contribution in [0.3, 0.4) is 0 Å². The van der Waals surface area contributed by atoms with E-state index in [1.165, 1.54) is 0 Å². The van der Waals surface area contributed by atoms with Crippen LogP contribution >= 0.6 is 0 Å². The second-order valence-corrected chi connectivity index (χ2v) is 7.14. The third-order valence-corrected chi connectivity index (χ3v) is 5.06. The first-order chi connectivity index (χ1) is 14.1. The molecular weight excluding hydrogens is 370 g/mol. The van der Waals surface area contributed by atoms with Crippen molar-refractivity contribution in [2.75, 3.05) is 20.3 Å². The summed E-state index contributed by atoms with van der Waals surface area (Å²) in [6.45, 7) is 3.66. The second-order valence-electron chi connectivity index (χ2n) is 7.14. The Balaban J connectivity index is 1.39. The molecule has 1 aromatic carbocycles. The lowest BCUT2D eigenvalue weighted by Crippen LogP contribution is -2.23. The largest absolute Gasteiger partial charge is 0.493 e. The van der Waals surface area contributed by atoms with Crippen molar-refractivity contribution in [1.82, 2.24) is 14.7 Å². The number of fused-ring (bicyclic) bond motifs is 1. The lowest BCUT2D eigenvalue weighted by atomic mass is 10.2. The number of nitrogens with one attached hydrogen (secondary N) is 1. The van der Waals surface area contributed by atoms with Gasteiger partial charge in [-0.15, -0.1) is 0 Å². The number of aromatic nitrogens is 2. The third kappa shape index (κ3) is 4.35. The van der Waals surface area contributed by atoms with Gasteiger partial charge < -0.3 is 23.9 Å². The fourth-order valence-electron chi connectivity index (χ4n) is 3.43. The molecule has 0 radical (unpaired) electrons. The van der Waals surface area contributed by atoms with Crippen LogP contribution in [0.5, 0.6) is 11.5 Å². The summed E-state index contributed by atoms with van der Waals surface area (Å²) in [7, 11) is 1.61. The number of ether oxygens (including phenoxy) is 3. The van der Waals surface area contributed by atoms with Crippen LogP contribution in [-0.4, -0.2) is 41.7 Å². The summed E-state index contributed by atoms with van der Waals surface area (Å²) in [6, 6.07) is 11.4. The van der Waals surface area contributed by atoms with Gasteiger partial charge in [-0.3, -0.25) is 4.79 Å². The highest BCUT2D eigenvalue weighted by atomic mass is 16.5. The Morgan fingerprint density at radius 2 is 2.21 bits per heavy atom. The van der Waals surface area contributed by atoms with Crippen molar-refractivity contribution in [3.05, 3.63) is 59.5 Å². The first-order valence-electron chi connectivity index (χ1n) is 9.78. The van der Waals surface area contributed by atoms with Crippen LogP contribution in [0.4, 0.5) is 0 Å². The van der Waals surface area contributed by atoms with E-state index in [4.69, 9.17) is 14.2 Å². The van der Waals surface area contributed by atoms with Crippen LogP contribution in [0.25, 0.3) is 5.65 Å². The highest BCUT2D eigenvalue weighted by Crippen LogP contribution is 2.29. The molecule has 1 atom stereocenters. The number of pyridine rings is 1. The van der Waals surface area contributed by atoms with Gasteiger partial charge in [-0.05, 0) is 49.6 Å². The molecule has 1 amide bonds. The Morgan fingerprint density at radius 3 is 2.97 bits per heavy atom. The van der Waals surface area contributed by atoms with Crippen molar-refractivity contribution in [2.24, 2.45) is 0 Å². The van der Waals surface area contributed by atoms with Gasteiger partial charge >= 0.3 is 0 Å². The van der Waals surface area contributed by atoms with Crippen LogP contribution < -0.4 is 14.8 Å². The third-order valence-electron chi connectivity index (χ3n) is 5.06. The van der Waals surface area contributed by atoms with Crippen molar-refractivity contribution >= 4 is 11.6 Å². The number of carbonyl (C=O) groups excluding carboxylic acids is 1. The number of rotatable bonds is 7. The average Bonchev–Trinajstić information content (AvgIpc) is 3.41. The average molecular weight is 395 g/mol. The van der Waals surface area contributed by atoms with Gasteiger partial charge in [-0.1, -0.05) is 12.1 Å². The van der Waals surface area contributed by atoms with Crippen molar-refractivity contribution in [3.8, 4) is 11.5 Å². The number of imidazole rings is 1. The normalized spacial score (nSPS) is 16.1. The van der Waals surface area contributed by atoms with E-state index in [-0.39, 0.29) is 12.0 Å². The molecule has 7 heteroatoms. The van der Waals surface area contributed by atoms with E-state index in [2.05, 4.69) is 10.3 Å². The maximum absolute atomic E-state index is 12.5. The molecule has 3 heterocycles. The Hall–Kier alpha value is -3.06. The molecule has 3 aromatic rings. The van der Waals surface area contributed by atoms with Gasteiger partial charge in [0.05, 0.1) is 13.2 Å². The highest BCUT2D eigenvalue weighted by Gasteiger charge is 2.17. The van der Waals surface area contributed by atoms with E-state index in [1.807, 2.05) is 47.7 Å². The predicted octanol–water partition coefficient (Wildman–Crippen LogP) is 3.14. The number of hydrogen-bond donors (Lipinski definition) is 1. The fourth-order valence-corrected chi connectivity index (χ4v) is 3.43. The number of amides is 1. The summed E-state index contributed by atoms with van der Waals surface area (Å²) in [5.41, 5.74) is 3.09. The van der Waals surface area contributed by atoms with Gasteiger partial charge in [0, 0.05) is 25.0 Å². The summed E-state index contributed by atoms with van der Waals surface area (Å²) in [5, 5.41) is 2.91. The van der Waals surface area contributed by atoms with Crippen LogP contribution in [0.15, 0.2) is 42.6 Å². The van der Waals surface area contributed by atoms with Gasteiger partial charge in [0.25, 0.3) is 5.91 Å². The van der Waals surface area contributed by atoms with Gasteiger partial charge in [-0.2, -0.15) is 0 Å². The maximum atomic E-state index is 12.5. The van der Waals surface area contributed by atoms with Gasteiger partial charge in [0.2, 0.25) is 0 Å². The molecule has 1 N–H and O–H groups in total. The zero-order valence-electron chi connectivity index (χ0n) is 16.7. The van der Waals surface area contributed by atoms with Crippen LogP contribution in [0.2, 0.25) is 0 Å². The number of hydrogen-bond acceptors (Lipinski definition) is 5. The summed E-state index contributed by atoms with van der Waals surface area (Å²) in [4.78, 5) is 16.9. The van der Waals surface area contributed by atoms with Gasteiger partial charge in [0.15, 0.2) is 11.5 Å². The molecule has 4 rings (SSSR count). The molecular formula is C22H25N3O4. The number of benzene rings is 1. The van der Waals surface area contributed by atoms with E-state index in [1.54, 1.807) is 13.3 Å². The number of carbonyl (C=O) groups is 1. The van der Waals surface area contributed by atoms with E-state index < -0.39 is 0 Å². The van der Waals surface area contributed by atoms with Gasteiger partial charge in [0.1, 0.15) is 17.9 Å². The Kier molecular flexibility index (Phi) is 5.67. The molecule has 0 spiro atoms. The molecule has 0 saturated carbocycles. The van der Waals surface area contributed by atoms with E-state index in [0.29, 0.717) is 30.3 Å². The van der Waals surface area contributed by atoms with Crippen molar-refractivity contribution in [2.45, 2.75) is 32.4 Å². The molecule has 1 saturated heterocycles. The summed E-state index contributed by atoms with van der Waals surface area (Å²) in [5.74, 6) is 1.10. The standard InChI is InChI=1S/C22H25N3O4/c1-15-5-3-7-21-24-18(13-25(15)21)22(26)23-12-16-8-9-19(20(11-16)27-2)29-14-17-6-4-10-28-17/h3,5,7-9,11,13,17H,4,6,10,12,14H2,1-2H3,(H,23,26). The minimum atomic E-state index is -0.217. The molecule has 2 aromatic heterocycles. The molecule has 29 heavy (non-hydrogen) atoms. The van der Waals surface area contributed by atoms with E-state index in [9.17, 15) is 4.79 Å². The molecule has 0 aliphatic carbocycles. The molecule has 1 fully saturated rings. The fraction of sp³-hybridized carbons (Fsp3) is 0.364. The van der Waals surface area contributed by atoms with E-state index >= 15 is 0 Å². The number of aryl methyl sites for hydroxylation is 1. The predicted molar refractivity (Wildman–Crippen MR) is 109 cm³/mol. The Morgan fingerprint density at radius 1 is 1.31 bits per heavy atom. The van der Waals surface area contributed by atoms with Crippen molar-refractivity contribution in [3.63, 3.8) is 0 Å². The minimum Gasteiger partial charge on any atom is -0.493 e. The topological polar surface area (TPSA) is 74.1 Å². The Bertz CT molecular complexity index is 1010. The molecule has 1 aliphatic heterocycles. The van der Waals surface area contributed by atoms with Crippen LogP contribution in [0, 0.1) is 6.92 Å². The maximum Gasteiger partial charge on any atom is 0.271 e. The summed E-state index contributed by atoms with van der Waals surface area (Å²) in [6.07, 6.45) is 4.00. The van der Waals surface area contributed by atoms with Gasteiger partial charge in [-0.25, -0.2) is 4.98 Å². The number of methoxy groups -OCH3 is 1. The molecule has 1 aliphatic rings. The lowest BCUT2D eigenvalue weighted by Gasteiger charge is -2.15. The molecule has 7 nitrogen and oxygen atoms in total. The lowest BCUT2D eigenvalue weighted by molar-refractivity contribution is 0.0669. The Labute approximate surface area is 169 Å². The zero-order chi connectivity index (χ0) is 20.2. The summed E-state index contributed by atoms with van der Waals surface area (Å²) < 4.78 is 18.8. The SMILES string of the molecule is COc1cc(CNC(=O)c2cn3c(C)cccc3n2)ccc1OCC1CCCO1. The monoisotopic (exact) mass is 395 g/mol. The summed E-state index contributed by atoms with van der Waals surface area (Å²) >= 11 is 0. The van der Waals surface area contributed by atoms with E-state index in [0.717, 1.165) is 36.4 Å². The van der Waals surface area contributed by atoms with Crippen LogP contribution in [-0.2, 0) is 11.3 Å². The minimum absolute atomic E-state index is 0.146. The zero-order valence-corrected chi connectivity index (χ0v) is 16.7. The van der Waals surface area contributed by atoms with Crippen molar-refractivity contribution in [1.29, 1.82) is 0 Å². The van der Waals surface area contributed by atoms with Crippen LogP contribution in [0.1, 0.15) is 34.6 Å². The molecule has 0 bridgehead atoms. The quantitative estimate of drug-likeness (QED) is 0.665. The smallest absolute Gasteiger partial charge is 0.271 e. The highest BCUT2D eigenvalue weighted by molar-refractivity contribution is 5.92. The number of nitrogens with zero attached hydrogens (tertiary/aromatic N) is 2. The molecule has 1 unspecified atom stereocenters. The second kappa shape index (κ2) is 8.53. The molecule has 152 valence electrons. The van der Waals surface area contributed by atoms with Crippen molar-refractivity contribution < 1.29 is 19.0 Å². The first kappa shape index (κ1) is 19.3.